The van der Waals surface area contributed by atoms with E-state index in [0.717, 1.165) is 25.0 Å². The maximum Gasteiger partial charge on any atom is 0.495 e. The highest BCUT2D eigenvalue weighted by Gasteiger charge is 2.29. The van der Waals surface area contributed by atoms with Gasteiger partial charge in [0.25, 0.3) is 0 Å². The van der Waals surface area contributed by atoms with E-state index in [-0.39, 0.29) is 0 Å². The molecule has 0 heterocycles. The van der Waals surface area contributed by atoms with Gasteiger partial charge in [-0.05, 0) is 18.6 Å². The minimum absolute atomic E-state index is 0.400. The molecule has 0 amide bonds. The van der Waals surface area contributed by atoms with Crippen LogP contribution in [0.3, 0.4) is 0 Å². The van der Waals surface area contributed by atoms with Gasteiger partial charge in [-0.1, -0.05) is 6.42 Å². The van der Waals surface area contributed by atoms with Crippen molar-refractivity contribution in [3.05, 3.63) is 0 Å². The van der Waals surface area contributed by atoms with Gasteiger partial charge in [0.15, 0.2) is 0 Å². The summed E-state index contributed by atoms with van der Waals surface area (Å²) in [6.45, 7) is 0. The molecule has 0 rings (SSSR count). The van der Waals surface area contributed by atoms with Crippen molar-refractivity contribution in [2.24, 2.45) is 0 Å². The van der Waals surface area contributed by atoms with Crippen LogP contribution in [-0.4, -0.2) is 31.3 Å². The predicted octanol–water partition coefficient (Wildman–Crippen LogP) is 0.656. The van der Waals surface area contributed by atoms with Crippen LogP contribution in [0.15, 0.2) is 0 Å². The molecule has 2 N–H and O–H groups in total. The molecular formula is C6H16O3SSi. The SMILES string of the molecule is CO[Si](O)(O)CCCCCS. The highest BCUT2D eigenvalue weighted by atomic mass is 32.1. The van der Waals surface area contributed by atoms with Crippen molar-refractivity contribution in [1.29, 1.82) is 0 Å². The zero-order valence-electron chi connectivity index (χ0n) is 6.79. The van der Waals surface area contributed by atoms with E-state index in [1.165, 1.54) is 7.11 Å². The molecule has 5 heteroatoms. The molecule has 0 fully saturated rings. The Hall–Kier alpha value is 0.447. The fraction of sp³-hybridized carbons (Fsp3) is 1.00. The maximum absolute atomic E-state index is 9.08. The minimum Gasteiger partial charge on any atom is -0.390 e. The first-order valence-corrected chi connectivity index (χ1v) is 6.37. The van der Waals surface area contributed by atoms with Crippen molar-refractivity contribution in [2.75, 3.05) is 12.9 Å². The van der Waals surface area contributed by atoms with Gasteiger partial charge in [-0.3, -0.25) is 0 Å². The molecule has 0 saturated carbocycles. The average Bonchev–Trinajstić information content (AvgIpc) is 1.99. The Kier molecular flexibility index (Phi) is 6.26. The van der Waals surface area contributed by atoms with Crippen LogP contribution in [-0.2, 0) is 4.43 Å². The van der Waals surface area contributed by atoms with Gasteiger partial charge < -0.3 is 14.0 Å². The second kappa shape index (κ2) is 6.02. The number of hydrogen-bond donors (Lipinski definition) is 3. The van der Waals surface area contributed by atoms with Gasteiger partial charge in [-0.2, -0.15) is 12.6 Å². The van der Waals surface area contributed by atoms with Gasteiger partial charge in [-0.15, -0.1) is 0 Å². The fourth-order valence-electron chi connectivity index (χ4n) is 0.746. The molecule has 0 spiro atoms. The number of hydrogen-bond acceptors (Lipinski definition) is 4. The van der Waals surface area contributed by atoms with Crippen molar-refractivity contribution < 1.29 is 14.0 Å². The third-order valence-electron chi connectivity index (χ3n) is 1.49. The van der Waals surface area contributed by atoms with Gasteiger partial charge in [0.05, 0.1) is 0 Å². The molecule has 0 unspecified atom stereocenters. The Labute approximate surface area is 74.2 Å². The lowest BCUT2D eigenvalue weighted by Crippen LogP contribution is -2.37. The monoisotopic (exact) mass is 196 g/mol. The Balaban J connectivity index is 3.23. The Bertz CT molecular complexity index is 99.8. The van der Waals surface area contributed by atoms with E-state index in [4.69, 9.17) is 9.59 Å². The van der Waals surface area contributed by atoms with E-state index >= 15 is 0 Å². The van der Waals surface area contributed by atoms with E-state index in [9.17, 15) is 0 Å². The predicted molar refractivity (Wildman–Crippen MR) is 49.7 cm³/mol. The topological polar surface area (TPSA) is 49.7 Å². The molecule has 0 aromatic rings. The maximum atomic E-state index is 9.08. The lowest BCUT2D eigenvalue weighted by Gasteiger charge is -2.13. The van der Waals surface area contributed by atoms with E-state index < -0.39 is 8.80 Å². The molecule has 0 saturated heterocycles. The van der Waals surface area contributed by atoms with Crippen LogP contribution in [0.5, 0.6) is 0 Å². The minimum atomic E-state index is -3.25. The lowest BCUT2D eigenvalue weighted by atomic mass is 10.3. The van der Waals surface area contributed by atoms with Crippen LogP contribution < -0.4 is 0 Å². The summed E-state index contributed by atoms with van der Waals surface area (Å²) in [5.74, 6) is 0.860. The first kappa shape index (κ1) is 11.4. The smallest absolute Gasteiger partial charge is 0.390 e. The summed E-state index contributed by atoms with van der Waals surface area (Å²) in [5.41, 5.74) is 0. The number of unbranched alkanes of at least 4 members (excludes halogenated alkanes) is 2. The van der Waals surface area contributed by atoms with Gasteiger partial charge in [0.2, 0.25) is 0 Å². The summed E-state index contributed by atoms with van der Waals surface area (Å²) in [5, 5.41) is 0. The summed E-state index contributed by atoms with van der Waals surface area (Å²) in [4.78, 5) is 18.2. The standard InChI is InChI=1S/C6H16O3SSi/c1-9-11(7,8)6-4-2-3-5-10/h7-8,10H,2-6H2,1H3. The summed E-state index contributed by atoms with van der Waals surface area (Å²) in [6, 6.07) is 0.400. The number of rotatable bonds is 6. The van der Waals surface area contributed by atoms with Crippen molar-refractivity contribution in [2.45, 2.75) is 25.3 Å². The zero-order valence-corrected chi connectivity index (χ0v) is 8.68. The fourth-order valence-corrected chi connectivity index (χ4v) is 1.88. The van der Waals surface area contributed by atoms with E-state index in [1.54, 1.807) is 0 Å². The molecule has 0 radical (unpaired) electrons. The second-order valence-corrected chi connectivity index (χ2v) is 5.32. The normalized spacial score (nSPS) is 12.0. The van der Waals surface area contributed by atoms with Crippen LogP contribution in [0.1, 0.15) is 19.3 Å². The van der Waals surface area contributed by atoms with E-state index in [2.05, 4.69) is 17.1 Å². The van der Waals surface area contributed by atoms with Crippen LogP contribution in [0.25, 0.3) is 0 Å². The molecular weight excluding hydrogens is 180 g/mol. The molecule has 0 atom stereocenters. The van der Waals surface area contributed by atoms with Crippen LogP contribution in [0.2, 0.25) is 6.04 Å². The third kappa shape index (κ3) is 6.83. The Morgan fingerprint density at radius 1 is 1.27 bits per heavy atom. The first-order valence-electron chi connectivity index (χ1n) is 3.73. The summed E-state index contributed by atoms with van der Waals surface area (Å²) in [6.07, 6.45) is 2.83. The molecule has 0 aromatic heterocycles. The van der Waals surface area contributed by atoms with Gasteiger partial charge >= 0.3 is 8.80 Å². The summed E-state index contributed by atoms with van der Waals surface area (Å²) >= 11 is 4.04. The number of thiol groups is 1. The third-order valence-corrected chi connectivity index (χ3v) is 3.46. The van der Waals surface area contributed by atoms with Crippen molar-refractivity contribution in [1.82, 2.24) is 0 Å². The zero-order chi connectivity index (χ0) is 8.74. The average molecular weight is 196 g/mol. The van der Waals surface area contributed by atoms with Crippen molar-refractivity contribution in [3.63, 3.8) is 0 Å². The highest BCUT2D eigenvalue weighted by Crippen LogP contribution is 2.09. The molecule has 0 aliphatic carbocycles. The summed E-state index contributed by atoms with van der Waals surface area (Å²) in [7, 11) is -1.91. The van der Waals surface area contributed by atoms with Gasteiger partial charge in [0.1, 0.15) is 0 Å². The van der Waals surface area contributed by atoms with Gasteiger partial charge in [0, 0.05) is 13.2 Å². The molecule has 0 aromatic carbocycles. The second-order valence-electron chi connectivity index (χ2n) is 2.48. The molecule has 0 bridgehead atoms. The van der Waals surface area contributed by atoms with Gasteiger partial charge in [-0.25, -0.2) is 0 Å². The Morgan fingerprint density at radius 2 is 1.91 bits per heavy atom. The molecule has 0 aliphatic heterocycles. The molecule has 11 heavy (non-hydrogen) atoms. The largest absolute Gasteiger partial charge is 0.495 e. The molecule has 0 aliphatic rings. The highest BCUT2D eigenvalue weighted by molar-refractivity contribution is 7.80. The van der Waals surface area contributed by atoms with Crippen molar-refractivity contribution >= 4 is 21.4 Å². The Morgan fingerprint density at radius 3 is 2.36 bits per heavy atom. The quantitative estimate of drug-likeness (QED) is 0.332. The van der Waals surface area contributed by atoms with E-state index in [0.29, 0.717) is 6.04 Å². The van der Waals surface area contributed by atoms with Crippen LogP contribution >= 0.6 is 12.6 Å². The molecule has 68 valence electrons. The first-order chi connectivity index (χ1) is 5.12. The van der Waals surface area contributed by atoms with Crippen LogP contribution in [0, 0.1) is 0 Å². The lowest BCUT2D eigenvalue weighted by molar-refractivity contribution is 0.183. The van der Waals surface area contributed by atoms with E-state index in [1.807, 2.05) is 0 Å². The van der Waals surface area contributed by atoms with Crippen molar-refractivity contribution in [3.8, 4) is 0 Å². The van der Waals surface area contributed by atoms with Crippen LogP contribution in [0.4, 0.5) is 0 Å². The molecule has 3 nitrogen and oxygen atoms in total. The summed E-state index contributed by atoms with van der Waals surface area (Å²) < 4.78 is 4.55.